The summed E-state index contributed by atoms with van der Waals surface area (Å²) in [5, 5.41) is 3.40. The first-order valence-corrected chi connectivity index (χ1v) is 6.66. The predicted octanol–water partition coefficient (Wildman–Crippen LogP) is 3.07. The fourth-order valence-electron chi connectivity index (χ4n) is 2.53. The lowest BCUT2D eigenvalue weighted by atomic mass is 9.95. The van der Waals surface area contributed by atoms with Gasteiger partial charge >= 0.3 is 0 Å². The largest absolute Gasteiger partial charge is 0.494 e. The van der Waals surface area contributed by atoms with Gasteiger partial charge in [0.1, 0.15) is 5.75 Å². The minimum absolute atomic E-state index is 0.849. The monoisotopic (exact) mass is 233 g/mol. The molecule has 1 aromatic rings. The van der Waals surface area contributed by atoms with Crippen molar-refractivity contribution >= 4 is 0 Å². The molecule has 0 saturated carbocycles. The van der Waals surface area contributed by atoms with Crippen LogP contribution in [0.15, 0.2) is 18.2 Å². The predicted molar refractivity (Wildman–Crippen MR) is 71.6 cm³/mol. The van der Waals surface area contributed by atoms with Crippen LogP contribution in [0.1, 0.15) is 30.4 Å². The van der Waals surface area contributed by atoms with E-state index >= 15 is 0 Å². The molecule has 0 unspecified atom stereocenters. The van der Waals surface area contributed by atoms with Crippen molar-refractivity contribution in [3.05, 3.63) is 29.3 Å². The maximum absolute atomic E-state index is 5.85. The molecule has 0 amide bonds. The third-order valence-electron chi connectivity index (χ3n) is 3.45. The number of hydrogen-bond acceptors (Lipinski definition) is 2. The van der Waals surface area contributed by atoms with Crippen LogP contribution in [0.3, 0.4) is 0 Å². The Bertz CT molecular complexity index is 336. The zero-order valence-corrected chi connectivity index (χ0v) is 11.0. The van der Waals surface area contributed by atoms with Crippen molar-refractivity contribution in [1.29, 1.82) is 0 Å². The molecule has 2 rings (SSSR count). The van der Waals surface area contributed by atoms with Gasteiger partial charge in [0.25, 0.3) is 0 Å². The number of piperidine rings is 1. The summed E-state index contributed by atoms with van der Waals surface area (Å²) in [5.74, 6) is 1.87. The van der Waals surface area contributed by atoms with Gasteiger partial charge in [-0.2, -0.15) is 0 Å². The first kappa shape index (κ1) is 12.4. The van der Waals surface area contributed by atoms with Gasteiger partial charge in [-0.05, 0) is 75.4 Å². The van der Waals surface area contributed by atoms with Crippen molar-refractivity contribution in [3.63, 3.8) is 0 Å². The maximum atomic E-state index is 5.85. The van der Waals surface area contributed by atoms with Gasteiger partial charge in [0, 0.05) is 0 Å². The lowest BCUT2D eigenvalue weighted by Crippen LogP contribution is -2.28. The molecule has 2 nitrogen and oxygen atoms in total. The third kappa shape index (κ3) is 4.04. The molecule has 0 radical (unpaired) electrons. The molecule has 0 atom stereocenters. The Morgan fingerprint density at radius 2 is 1.76 bits per heavy atom. The number of ether oxygens (including phenoxy) is 1. The SMILES string of the molecule is Cc1cc(C)cc(OCCC2CCNCC2)c1. The van der Waals surface area contributed by atoms with Crippen LogP contribution in [0.2, 0.25) is 0 Å². The van der Waals surface area contributed by atoms with E-state index < -0.39 is 0 Å². The van der Waals surface area contributed by atoms with Gasteiger partial charge in [0.2, 0.25) is 0 Å². The quantitative estimate of drug-likeness (QED) is 0.863. The van der Waals surface area contributed by atoms with E-state index in [-0.39, 0.29) is 0 Å². The van der Waals surface area contributed by atoms with Gasteiger partial charge in [-0.3, -0.25) is 0 Å². The Labute approximate surface area is 104 Å². The highest BCUT2D eigenvalue weighted by molar-refractivity contribution is 5.32. The van der Waals surface area contributed by atoms with Crippen LogP contribution in [0.25, 0.3) is 0 Å². The maximum Gasteiger partial charge on any atom is 0.119 e. The summed E-state index contributed by atoms with van der Waals surface area (Å²) >= 11 is 0. The molecule has 94 valence electrons. The van der Waals surface area contributed by atoms with Gasteiger partial charge < -0.3 is 10.1 Å². The highest BCUT2D eigenvalue weighted by atomic mass is 16.5. The van der Waals surface area contributed by atoms with E-state index in [0.717, 1.165) is 18.3 Å². The normalized spacial score (nSPS) is 17.1. The summed E-state index contributed by atoms with van der Waals surface area (Å²) in [6.07, 6.45) is 3.79. The minimum Gasteiger partial charge on any atom is -0.494 e. The topological polar surface area (TPSA) is 21.3 Å². The first-order chi connectivity index (χ1) is 8.24. The molecule has 1 aromatic carbocycles. The number of hydrogen-bond donors (Lipinski definition) is 1. The molecule has 0 bridgehead atoms. The zero-order valence-electron chi connectivity index (χ0n) is 11.0. The fourth-order valence-corrected chi connectivity index (χ4v) is 2.53. The molecule has 1 aliphatic rings. The van der Waals surface area contributed by atoms with E-state index in [1.165, 1.54) is 43.5 Å². The molecule has 17 heavy (non-hydrogen) atoms. The van der Waals surface area contributed by atoms with Crippen LogP contribution >= 0.6 is 0 Å². The second-order valence-corrected chi connectivity index (χ2v) is 5.15. The van der Waals surface area contributed by atoms with Crippen molar-refractivity contribution in [2.45, 2.75) is 33.1 Å². The average Bonchev–Trinajstić information content (AvgIpc) is 2.29. The molecular weight excluding hydrogens is 210 g/mol. The van der Waals surface area contributed by atoms with E-state index in [4.69, 9.17) is 4.74 Å². The van der Waals surface area contributed by atoms with Gasteiger partial charge in [-0.25, -0.2) is 0 Å². The summed E-state index contributed by atoms with van der Waals surface area (Å²) in [7, 11) is 0. The summed E-state index contributed by atoms with van der Waals surface area (Å²) in [6, 6.07) is 6.42. The highest BCUT2D eigenvalue weighted by Crippen LogP contribution is 2.19. The molecule has 1 N–H and O–H groups in total. The second-order valence-electron chi connectivity index (χ2n) is 5.15. The first-order valence-electron chi connectivity index (χ1n) is 6.66. The van der Waals surface area contributed by atoms with Gasteiger partial charge in [0.15, 0.2) is 0 Å². The Balaban J connectivity index is 1.77. The molecule has 1 heterocycles. The van der Waals surface area contributed by atoms with E-state index in [2.05, 4.69) is 37.4 Å². The molecule has 0 aliphatic carbocycles. The summed E-state index contributed by atoms with van der Waals surface area (Å²) in [4.78, 5) is 0. The second kappa shape index (κ2) is 6.06. The van der Waals surface area contributed by atoms with Gasteiger partial charge in [-0.1, -0.05) is 6.07 Å². The van der Waals surface area contributed by atoms with E-state index in [9.17, 15) is 0 Å². The van der Waals surface area contributed by atoms with Crippen molar-refractivity contribution in [2.75, 3.05) is 19.7 Å². The highest BCUT2D eigenvalue weighted by Gasteiger charge is 2.12. The molecular formula is C15H23NO. The lowest BCUT2D eigenvalue weighted by molar-refractivity contribution is 0.251. The van der Waals surface area contributed by atoms with Crippen LogP contribution in [-0.4, -0.2) is 19.7 Å². The zero-order chi connectivity index (χ0) is 12.1. The minimum atomic E-state index is 0.849. The Hall–Kier alpha value is -1.02. The van der Waals surface area contributed by atoms with E-state index in [1.54, 1.807) is 0 Å². The van der Waals surface area contributed by atoms with Crippen molar-refractivity contribution in [1.82, 2.24) is 5.32 Å². The van der Waals surface area contributed by atoms with Gasteiger partial charge in [0.05, 0.1) is 6.61 Å². The van der Waals surface area contributed by atoms with Crippen molar-refractivity contribution in [2.24, 2.45) is 5.92 Å². The van der Waals surface area contributed by atoms with Gasteiger partial charge in [-0.15, -0.1) is 0 Å². The third-order valence-corrected chi connectivity index (χ3v) is 3.45. The molecule has 1 fully saturated rings. The number of nitrogens with one attached hydrogen (secondary N) is 1. The molecule has 1 aliphatic heterocycles. The van der Waals surface area contributed by atoms with E-state index in [1.807, 2.05) is 0 Å². The van der Waals surface area contributed by atoms with Crippen LogP contribution in [0, 0.1) is 19.8 Å². The van der Waals surface area contributed by atoms with Crippen LogP contribution in [0.4, 0.5) is 0 Å². The van der Waals surface area contributed by atoms with Crippen LogP contribution < -0.4 is 10.1 Å². The Morgan fingerprint density at radius 3 is 2.41 bits per heavy atom. The smallest absolute Gasteiger partial charge is 0.119 e. The van der Waals surface area contributed by atoms with Crippen LogP contribution in [0.5, 0.6) is 5.75 Å². The average molecular weight is 233 g/mol. The van der Waals surface area contributed by atoms with Crippen LogP contribution in [-0.2, 0) is 0 Å². The number of rotatable bonds is 4. The summed E-state index contributed by atoms with van der Waals surface area (Å²) in [6.45, 7) is 7.44. The fraction of sp³-hybridized carbons (Fsp3) is 0.600. The Kier molecular flexibility index (Phi) is 4.43. The summed E-state index contributed by atoms with van der Waals surface area (Å²) in [5.41, 5.74) is 2.56. The molecule has 0 aromatic heterocycles. The standard InChI is InChI=1S/C15H23NO/c1-12-9-13(2)11-15(10-12)17-8-5-14-3-6-16-7-4-14/h9-11,14,16H,3-8H2,1-2H3. The summed E-state index contributed by atoms with van der Waals surface area (Å²) < 4.78 is 5.85. The lowest BCUT2D eigenvalue weighted by Gasteiger charge is -2.22. The van der Waals surface area contributed by atoms with E-state index in [0.29, 0.717) is 0 Å². The van der Waals surface area contributed by atoms with Crippen molar-refractivity contribution < 1.29 is 4.74 Å². The molecule has 1 saturated heterocycles. The number of benzene rings is 1. The molecule has 2 heteroatoms. The van der Waals surface area contributed by atoms with Crippen molar-refractivity contribution in [3.8, 4) is 5.75 Å². The molecule has 0 spiro atoms. The number of aryl methyl sites for hydroxylation is 2. The Morgan fingerprint density at radius 1 is 1.12 bits per heavy atom.